The van der Waals surface area contributed by atoms with Gasteiger partial charge in [0, 0.05) is 17.7 Å². The van der Waals surface area contributed by atoms with Crippen LogP contribution in [0.2, 0.25) is 23.2 Å². The first-order valence-corrected chi connectivity index (χ1v) is 10.9. The first-order valence-electron chi connectivity index (χ1n) is 7.65. The smallest absolute Gasteiger partial charge is 0.192 e. The van der Waals surface area contributed by atoms with E-state index in [2.05, 4.69) is 39.9 Å². The van der Waals surface area contributed by atoms with Gasteiger partial charge in [0.2, 0.25) is 0 Å². The number of ether oxygens (including phenoxy) is 1. The van der Waals surface area contributed by atoms with Gasteiger partial charge in [-0.05, 0) is 42.6 Å². The summed E-state index contributed by atoms with van der Waals surface area (Å²) in [4.78, 5) is 0. The van der Waals surface area contributed by atoms with Gasteiger partial charge in [0.1, 0.15) is 6.10 Å². The van der Waals surface area contributed by atoms with Gasteiger partial charge in [-0.15, -0.1) is 0 Å². The van der Waals surface area contributed by atoms with Gasteiger partial charge in [-0.2, -0.15) is 0 Å². The lowest BCUT2D eigenvalue weighted by atomic mass is 9.87. The van der Waals surface area contributed by atoms with Crippen molar-refractivity contribution in [3.8, 4) is 0 Å². The van der Waals surface area contributed by atoms with Crippen LogP contribution in [-0.2, 0) is 15.6 Å². The molecule has 2 nitrogen and oxygen atoms in total. The highest BCUT2D eigenvalue weighted by Crippen LogP contribution is 2.43. The van der Waals surface area contributed by atoms with E-state index in [9.17, 15) is 0 Å². The largest absolute Gasteiger partial charge is 0.411 e. The van der Waals surface area contributed by atoms with Crippen molar-refractivity contribution >= 4 is 19.9 Å². The Kier molecular flexibility index (Phi) is 4.89. The average Bonchev–Trinajstić information content (AvgIpc) is 2.37. The van der Waals surface area contributed by atoms with E-state index in [0.29, 0.717) is 0 Å². The summed E-state index contributed by atoms with van der Waals surface area (Å²) in [7, 11) is -0.0570. The molecule has 1 aromatic rings. The third kappa shape index (κ3) is 3.36. The molecule has 0 radical (unpaired) electrons. The second-order valence-corrected chi connectivity index (χ2v) is 12.6. The Morgan fingerprint density at radius 1 is 1.24 bits per heavy atom. The van der Waals surface area contributed by atoms with Crippen LogP contribution in [0.4, 0.5) is 0 Å². The number of methoxy groups -OCH3 is 1. The molecule has 0 saturated carbocycles. The van der Waals surface area contributed by atoms with Gasteiger partial charge in [0.15, 0.2) is 8.32 Å². The van der Waals surface area contributed by atoms with Crippen LogP contribution in [0.1, 0.15) is 44.4 Å². The Morgan fingerprint density at radius 2 is 1.90 bits per heavy atom. The number of hydrogen-bond acceptors (Lipinski definition) is 2. The van der Waals surface area contributed by atoms with E-state index in [1.807, 2.05) is 12.1 Å². The zero-order valence-corrected chi connectivity index (χ0v) is 15.8. The van der Waals surface area contributed by atoms with Crippen molar-refractivity contribution < 1.29 is 9.16 Å². The summed E-state index contributed by atoms with van der Waals surface area (Å²) in [5, 5.41) is 0.995. The molecule has 0 amide bonds. The van der Waals surface area contributed by atoms with E-state index < -0.39 is 8.32 Å². The summed E-state index contributed by atoms with van der Waals surface area (Å²) in [5.74, 6) is 0. The Labute approximate surface area is 134 Å². The van der Waals surface area contributed by atoms with Crippen molar-refractivity contribution in [3.05, 3.63) is 34.3 Å². The SMILES string of the molecule is CO[C@H]1c2c(Cl)cccc2CC[C@H]1O[Si](C)(C)C(C)(C)C. The standard InChI is InChI=1S/C17H27ClO2Si/c1-17(2,3)21(5,6)20-14-11-10-12-8-7-9-13(18)15(12)16(14)19-4/h7-9,14,16H,10-11H2,1-6H3/t14-,16-/m1/s1. The summed E-state index contributed by atoms with van der Waals surface area (Å²) in [5.41, 5.74) is 2.42. The van der Waals surface area contributed by atoms with Crippen LogP contribution in [0.5, 0.6) is 0 Å². The Hall–Kier alpha value is -0.353. The van der Waals surface area contributed by atoms with E-state index >= 15 is 0 Å². The van der Waals surface area contributed by atoms with Crippen molar-refractivity contribution in [2.24, 2.45) is 0 Å². The van der Waals surface area contributed by atoms with Gasteiger partial charge in [0.05, 0.1) is 6.10 Å². The third-order valence-corrected chi connectivity index (χ3v) is 9.80. The molecule has 0 spiro atoms. The number of hydrogen-bond donors (Lipinski definition) is 0. The van der Waals surface area contributed by atoms with E-state index in [4.69, 9.17) is 20.8 Å². The van der Waals surface area contributed by atoms with Gasteiger partial charge in [0.25, 0.3) is 0 Å². The minimum Gasteiger partial charge on any atom is -0.411 e. The molecule has 0 aliphatic heterocycles. The van der Waals surface area contributed by atoms with Crippen LogP contribution < -0.4 is 0 Å². The molecule has 0 saturated heterocycles. The van der Waals surface area contributed by atoms with Crippen LogP contribution in [-0.4, -0.2) is 21.5 Å². The van der Waals surface area contributed by atoms with Crippen molar-refractivity contribution in [3.63, 3.8) is 0 Å². The molecule has 4 heteroatoms. The van der Waals surface area contributed by atoms with E-state index in [1.165, 1.54) is 5.56 Å². The fourth-order valence-corrected chi connectivity index (χ4v) is 4.35. The average molecular weight is 327 g/mol. The predicted molar refractivity (Wildman–Crippen MR) is 91.6 cm³/mol. The molecule has 0 N–H and O–H groups in total. The minimum absolute atomic E-state index is 0.0587. The van der Waals surface area contributed by atoms with Gasteiger partial charge in [-0.3, -0.25) is 0 Å². The summed E-state index contributed by atoms with van der Waals surface area (Å²) in [6, 6.07) is 6.11. The molecular formula is C17H27ClO2Si. The molecule has 0 aromatic heterocycles. The van der Waals surface area contributed by atoms with Crippen molar-refractivity contribution in [1.29, 1.82) is 0 Å². The second kappa shape index (κ2) is 6.03. The van der Waals surface area contributed by atoms with Crippen LogP contribution in [0.3, 0.4) is 0 Å². The monoisotopic (exact) mass is 326 g/mol. The molecule has 0 bridgehead atoms. The molecule has 2 atom stereocenters. The molecule has 2 rings (SSSR count). The zero-order chi connectivity index (χ0) is 15.8. The van der Waals surface area contributed by atoms with Gasteiger partial charge >= 0.3 is 0 Å². The zero-order valence-electron chi connectivity index (χ0n) is 14.0. The molecule has 118 valence electrons. The first-order chi connectivity index (χ1) is 9.67. The summed E-state index contributed by atoms with van der Waals surface area (Å²) in [6.07, 6.45) is 2.05. The molecule has 1 aromatic carbocycles. The Balaban J connectivity index is 2.30. The third-order valence-electron chi connectivity index (χ3n) is 4.97. The van der Waals surface area contributed by atoms with E-state index in [0.717, 1.165) is 23.4 Å². The van der Waals surface area contributed by atoms with E-state index in [1.54, 1.807) is 7.11 Å². The molecular weight excluding hydrogens is 300 g/mol. The second-order valence-electron chi connectivity index (χ2n) is 7.42. The molecule has 0 fully saturated rings. The Bertz CT molecular complexity index is 508. The normalized spacial score (nSPS) is 23.0. The highest BCUT2D eigenvalue weighted by Gasteiger charge is 2.42. The Morgan fingerprint density at radius 3 is 2.48 bits per heavy atom. The van der Waals surface area contributed by atoms with Gasteiger partial charge < -0.3 is 9.16 Å². The number of halogens is 1. The van der Waals surface area contributed by atoms with Crippen LogP contribution in [0.15, 0.2) is 18.2 Å². The van der Waals surface area contributed by atoms with E-state index in [-0.39, 0.29) is 17.2 Å². The lowest BCUT2D eigenvalue weighted by Crippen LogP contribution is -2.46. The summed E-state index contributed by atoms with van der Waals surface area (Å²) in [6.45, 7) is 11.4. The fourth-order valence-electron chi connectivity index (χ4n) is 2.70. The van der Waals surface area contributed by atoms with Crippen molar-refractivity contribution in [2.45, 2.75) is 64.0 Å². The van der Waals surface area contributed by atoms with Crippen LogP contribution in [0, 0.1) is 0 Å². The van der Waals surface area contributed by atoms with Crippen LogP contribution >= 0.6 is 11.6 Å². The van der Waals surface area contributed by atoms with Crippen molar-refractivity contribution in [2.75, 3.05) is 7.11 Å². The maximum absolute atomic E-state index is 6.61. The summed E-state index contributed by atoms with van der Waals surface area (Å²) >= 11 is 6.42. The number of benzene rings is 1. The molecule has 1 aliphatic rings. The first kappa shape index (κ1) is 17.0. The number of aryl methyl sites for hydroxylation is 1. The fraction of sp³-hybridized carbons (Fsp3) is 0.647. The lowest BCUT2D eigenvalue weighted by molar-refractivity contribution is -0.0163. The lowest BCUT2D eigenvalue weighted by Gasteiger charge is -2.43. The topological polar surface area (TPSA) is 18.5 Å². The van der Waals surface area contributed by atoms with Gasteiger partial charge in [-0.1, -0.05) is 44.5 Å². The maximum Gasteiger partial charge on any atom is 0.192 e. The molecule has 0 unspecified atom stereocenters. The number of rotatable bonds is 3. The quantitative estimate of drug-likeness (QED) is 0.696. The highest BCUT2D eigenvalue weighted by molar-refractivity contribution is 6.74. The number of fused-ring (bicyclic) bond motifs is 1. The predicted octanol–water partition coefficient (Wildman–Crippen LogP) is 5.36. The molecule has 21 heavy (non-hydrogen) atoms. The maximum atomic E-state index is 6.61. The van der Waals surface area contributed by atoms with Gasteiger partial charge in [-0.25, -0.2) is 0 Å². The van der Waals surface area contributed by atoms with Crippen molar-refractivity contribution in [1.82, 2.24) is 0 Å². The molecule has 1 aliphatic carbocycles. The minimum atomic E-state index is -1.81. The molecule has 0 heterocycles. The highest BCUT2D eigenvalue weighted by atomic mass is 35.5. The summed E-state index contributed by atoms with van der Waals surface area (Å²) < 4.78 is 12.4. The van der Waals surface area contributed by atoms with Crippen LogP contribution in [0.25, 0.3) is 0 Å².